The van der Waals surface area contributed by atoms with Crippen LogP contribution >= 0.6 is 34.4 Å². The maximum atomic E-state index is 10.6. The number of hydrogen-bond donors (Lipinski definition) is 1. The minimum absolute atomic E-state index is 0.0139. The normalized spacial score (nSPS) is 10.6. The number of carboxylic acids is 1. The van der Waals surface area contributed by atoms with Crippen molar-refractivity contribution >= 4 is 40.3 Å². The predicted octanol–water partition coefficient (Wildman–Crippen LogP) is 2.96. The SMILES string of the molecule is Cc1ccc(I)cc1-n1ccnc1SCC(=O)O. The largest absolute Gasteiger partial charge is 0.481 e. The Kier molecular flexibility index (Phi) is 4.28. The van der Waals surface area contributed by atoms with Gasteiger partial charge in [0.05, 0.1) is 11.4 Å². The van der Waals surface area contributed by atoms with Gasteiger partial charge in [-0.2, -0.15) is 0 Å². The maximum absolute atomic E-state index is 10.6. The molecule has 6 heteroatoms. The maximum Gasteiger partial charge on any atom is 0.313 e. The first-order valence-corrected chi connectivity index (χ1v) is 7.29. The molecule has 2 rings (SSSR count). The predicted molar refractivity (Wildman–Crippen MR) is 79.4 cm³/mol. The zero-order chi connectivity index (χ0) is 13.1. The van der Waals surface area contributed by atoms with Crippen LogP contribution in [0.3, 0.4) is 0 Å². The Hall–Kier alpha value is -1.02. The van der Waals surface area contributed by atoms with E-state index < -0.39 is 5.97 Å². The first-order chi connectivity index (χ1) is 8.58. The van der Waals surface area contributed by atoms with E-state index in [1.165, 1.54) is 11.8 Å². The molecule has 0 spiro atoms. The minimum atomic E-state index is -0.839. The van der Waals surface area contributed by atoms with Crippen LogP contribution in [0, 0.1) is 10.5 Å². The number of benzene rings is 1. The summed E-state index contributed by atoms with van der Waals surface area (Å²) in [6.07, 6.45) is 3.53. The molecule has 0 aliphatic carbocycles. The molecule has 0 bridgehead atoms. The van der Waals surface area contributed by atoms with Crippen LogP contribution in [-0.2, 0) is 4.79 Å². The van der Waals surface area contributed by atoms with E-state index in [2.05, 4.69) is 33.6 Å². The van der Waals surface area contributed by atoms with Crippen molar-refractivity contribution in [2.45, 2.75) is 12.1 Å². The number of carbonyl (C=O) groups is 1. The molecule has 2 aromatic rings. The molecule has 1 aromatic carbocycles. The fraction of sp³-hybridized carbons (Fsp3) is 0.167. The molecule has 0 aliphatic rings. The molecule has 18 heavy (non-hydrogen) atoms. The van der Waals surface area contributed by atoms with Gasteiger partial charge in [-0.05, 0) is 47.2 Å². The Balaban J connectivity index is 2.36. The summed E-state index contributed by atoms with van der Waals surface area (Å²) in [6, 6.07) is 6.14. The summed E-state index contributed by atoms with van der Waals surface area (Å²) in [5, 5.41) is 9.41. The van der Waals surface area contributed by atoms with E-state index in [0.717, 1.165) is 14.8 Å². The summed E-state index contributed by atoms with van der Waals surface area (Å²) in [4.78, 5) is 14.8. The van der Waals surface area contributed by atoms with E-state index in [9.17, 15) is 4.79 Å². The molecule has 1 heterocycles. The van der Waals surface area contributed by atoms with Gasteiger partial charge in [0.2, 0.25) is 0 Å². The average Bonchev–Trinajstić information content (AvgIpc) is 2.77. The number of halogens is 1. The summed E-state index contributed by atoms with van der Waals surface area (Å²) >= 11 is 3.48. The Bertz CT molecular complexity index is 583. The van der Waals surface area contributed by atoms with Crippen LogP contribution in [0.5, 0.6) is 0 Å². The summed E-state index contributed by atoms with van der Waals surface area (Å²) in [5.74, 6) is -0.825. The number of aromatic nitrogens is 2. The van der Waals surface area contributed by atoms with Gasteiger partial charge >= 0.3 is 5.97 Å². The van der Waals surface area contributed by atoms with Crippen molar-refractivity contribution in [3.8, 4) is 5.69 Å². The molecule has 0 aliphatic heterocycles. The van der Waals surface area contributed by atoms with Crippen LogP contribution in [0.4, 0.5) is 0 Å². The Morgan fingerprint density at radius 2 is 2.33 bits per heavy atom. The molecular formula is C12H11IN2O2S. The van der Waals surface area contributed by atoms with Gasteiger partial charge in [-0.3, -0.25) is 9.36 Å². The lowest BCUT2D eigenvalue weighted by Gasteiger charge is -2.10. The number of thioether (sulfide) groups is 1. The average molecular weight is 374 g/mol. The highest BCUT2D eigenvalue weighted by Gasteiger charge is 2.10. The quantitative estimate of drug-likeness (QED) is 0.661. The van der Waals surface area contributed by atoms with Gasteiger partial charge in [0.15, 0.2) is 5.16 Å². The zero-order valence-corrected chi connectivity index (χ0v) is 12.6. The summed E-state index contributed by atoms with van der Waals surface area (Å²) in [7, 11) is 0. The zero-order valence-electron chi connectivity index (χ0n) is 9.63. The van der Waals surface area contributed by atoms with Crippen molar-refractivity contribution in [2.24, 2.45) is 0 Å². The third kappa shape index (κ3) is 3.05. The molecule has 0 radical (unpaired) electrons. The molecule has 0 atom stereocenters. The van der Waals surface area contributed by atoms with Gasteiger partial charge in [0.25, 0.3) is 0 Å². The topological polar surface area (TPSA) is 55.1 Å². The van der Waals surface area contributed by atoms with Crippen LogP contribution in [-0.4, -0.2) is 26.4 Å². The first-order valence-electron chi connectivity index (χ1n) is 5.22. The Morgan fingerprint density at radius 3 is 3.06 bits per heavy atom. The molecular weight excluding hydrogens is 363 g/mol. The lowest BCUT2D eigenvalue weighted by atomic mass is 10.2. The van der Waals surface area contributed by atoms with Gasteiger partial charge in [-0.15, -0.1) is 0 Å². The summed E-state index contributed by atoms with van der Waals surface area (Å²) in [5.41, 5.74) is 2.16. The second-order valence-corrected chi connectivity index (χ2v) is 5.88. The second kappa shape index (κ2) is 5.75. The van der Waals surface area contributed by atoms with Gasteiger partial charge in [0.1, 0.15) is 0 Å². The first kappa shape index (κ1) is 13.4. The molecule has 94 valence electrons. The molecule has 0 saturated carbocycles. The fourth-order valence-electron chi connectivity index (χ4n) is 1.55. The van der Waals surface area contributed by atoms with E-state index in [0.29, 0.717) is 5.16 Å². The van der Waals surface area contributed by atoms with Crippen LogP contribution in [0.25, 0.3) is 5.69 Å². The van der Waals surface area contributed by atoms with Crippen molar-refractivity contribution < 1.29 is 9.90 Å². The number of rotatable bonds is 4. The Labute approximate surface area is 123 Å². The van der Waals surface area contributed by atoms with E-state index in [1.807, 2.05) is 29.8 Å². The van der Waals surface area contributed by atoms with Crippen LogP contribution in [0.1, 0.15) is 5.56 Å². The standard InChI is InChI=1S/C12H11IN2O2S/c1-8-2-3-9(13)6-10(8)15-5-4-14-12(15)18-7-11(16)17/h2-6H,7H2,1H3,(H,16,17). The highest BCUT2D eigenvalue weighted by Crippen LogP contribution is 2.24. The number of aryl methyl sites for hydroxylation is 1. The van der Waals surface area contributed by atoms with Gasteiger partial charge in [-0.25, -0.2) is 4.98 Å². The van der Waals surface area contributed by atoms with Crippen LogP contribution in [0.15, 0.2) is 35.7 Å². The number of imidazole rings is 1. The summed E-state index contributed by atoms with van der Waals surface area (Å²) < 4.78 is 3.06. The highest BCUT2D eigenvalue weighted by molar-refractivity contribution is 14.1. The minimum Gasteiger partial charge on any atom is -0.481 e. The van der Waals surface area contributed by atoms with Crippen molar-refractivity contribution in [2.75, 3.05) is 5.75 Å². The van der Waals surface area contributed by atoms with E-state index >= 15 is 0 Å². The molecule has 0 fully saturated rings. The second-order valence-electron chi connectivity index (χ2n) is 3.69. The highest BCUT2D eigenvalue weighted by atomic mass is 127. The van der Waals surface area contributed by atoms with Crippen LogP contribution < -0.4 is 0 Å². The number of hydrogen-bond acceptors (Lipinski definition) is 3. The van der Waals surface area contributed by atoms with Crippen molar-refractivity contribution in [1.82, 2.24) is 9.55 Å². The molecule has 1 N–H and O–H groups in total. The smallest absolute Gasteiger partial charge is 0.313 e. The molecule has 1 aromatic heterocycles. The lowest BCUT2D eigenvalue weighted by molar-refractivity contribution is -0.133. The van der Waals surface area contributed by atoms with Gasteiger partial charge < -0.3 is 5.11 Å². The van der Waals surface area contributed by atoms with Gasteiger partial charge in [0, 0.05) is 16.0 Å². The third-order valence-corrected chi connectivity index (χ3v) is 3.98. The van der Waals surface area contributed by atoms with Crippen LogP contribution in [0.2, 0.25) is 0 Å². The molecule has 0 amide bonds. The van der Waals surface area contributed by atoms with Crippen molar-refractivity contribution in [3.63, 3.8) is 0 Å². The monoisotopic (exact) mass is 374 g/mol. The Morgan fingerprint density at radius 1 is 1.56 bits per heavy atom. The fourth-order valence-corrected chi connectivity index (χ4v) is 2.71. The molecule has 4 nitrogen and oxygen atoms in total. The van der Waals surface area contributed by atoms with E-state index in [1.54, 1.807) is 6.20 Å². The van der Waals surface area contributed by atoms with Crippen molar-refractivity contribution in [3.05, 3.63) is 39.7 Å². The molecule has 0 saturated heterocycles. The van der Waals surface area contributed by atoms with E-state index in [-0.39, 0.29) is 5.75 Å². The summed E-state index contributed by atoms with van der Waals surface area (Å²) in [6.45, 7) is 2.02. The van der Waals surface area contributed by atoms with E-state index in [4.69, 9.17) is 5.11 Å². The lowest BCUT2D eigenvalue weighted by Crippen LogP contribution is -2.02. The molecule has 0 unspecified atom stereocenters. The third-order valence-electron chi connectivity index (χ3n) is 2.36. The number of nitrogens with zero attached hydrogens (tertiary/aromatic N) is 2. The van der Waals surface area contributed by atoms with Gasteiger partial charge in [-0.1, -0.05) is 17.8 Å². The van der Waals surface area contributed by atoms with Crippen molar-refractivity contribution in [1.29, 1.82) is 0 Å². The number of aliphatic carboxylic acids is 1. The number of carboxylic acid groups (broad SMARTS) is 1.